The first kappa shape index (κ1) is 9.71. The SMILES string of the molecule is CN1CCc2cc(B(O)O)ccc2C1. The summed E-state index contributed by atoms with van der Waals surface area (Å²) in [7, 11) is 0.748. The molecule has 1 aliphatic rings. The minimum absolute atomic E-state index is 0.591. The summed E-state index contributed by atoms with van der Waals surface area (Å²) >= 11 is 0. The minimum Gasteiger partial charge on any atom is -0.423 e. The first-order chi connectivity index (χ1) is 6.66. The van der Waals surface area contributed by atoms with Crippen LogP contribution in [0.5, 0.6) is 0 Å². The molecule has 2 rings (SSSR count). The number of fused-ring (bicyclic) bond motifs is 1. The van der Waals surface area contributed by atoms with Crippen molar-refractivity contribution >= 4 is 12.6 Å². The zero-order chi connectivity index (χ0) is 10.1. The van der Waals surface area contributed by atoms with E-state index in [9.17, 15) is 0 Å². The number of hydrogen-bond acceptors (Lipinski definition) is 3. The van der Waals surface area contributed by atoms with E-state index in [2.05, 4.69) is 11.9 Å². The number of rotatable bonds is 1. The molecule has 1 aromatic rings. The fourth-order valence-electron chi connectivity index (χ4n) is 1.87. The van der Waals surface area contributed by atoms with Crippen LogP contribution in [-0.4, -0.2) is 35.7 Å². The molecular formula is C10H14BNO2. The minimum atomic E-state index is -1.35. The van der Waals surface area contributed by atoms with E-state index in [-0.39, 0.29) is 0 Å². The molecule has 0 saturated carbocycles. The van der Waals surface area contributed by atoms with Crippen LogP contribution in [0.3, 0.4) is 0 Å². The normalized spacial score (nSPS) is 16.5. The highest BCUT2D eigenvalue weighted by molar-refractivity contribution is 6.58. The number of likely N-dealkylation sites (N-methyl/N-ethyl adjacent to an activating group) is 1. The van der Waals surface area contributed by atoms with Crippen molar-refractivity contribution in [2.45, 2.75) is 13.0 Å². The Balaban J connectivity index is 2.31. The van der Waals surface area contributed by atoms with E-state index in [1.165, 1.54) is 11.1 Å². The molecule has 0 spiro atoms. The van der Waals surface area contributed by atoms with Gasteiger partial charge in [-0.3, -0.25) is 0 Å². The summed E-state index contributed by atoms with van der Waals surface area (Å²) < 4.78 is 0. The maximum absolute atomic E-state index is 9.02. The molecule has 3 nitrogen and oxygen atoms in total. The zero-order valence-electron chi connectivity index (χ0n) is 8.27. The van der Waals surface area contributed by atoms with Gasteiger partial charge >= 0.3 is 7.12 Å². The molecule has 14 heavy (non-hydrogen) atoms. The molecular weight excluding hydrogens is 177 g/mol. The fraction of sp³-hybridized carbons (Fsp3) is 0.400. The molecule has 0 fully saturated rings. The average molecular weight is 191 g/mol. The van der Waals surface area contributed by atoms with E-state index in [0.717, 1.165) is 19.5 Å². The van der Waals surface area contributed by atoms with Crippen LogP contribution in [0.1, 0.15) is 11.1 Å². The van der Waals surface area contributed by atoms with Gasteiger partial charge in [0.15, 0.2) is 0 Å². The first-order valence-electron chi connectivity index (χ1n) is 4.83. The molecule has 0 aliphatic carbocycles. The lowest BCUT2D eigenvalue weighted by molar-refractivity contribution is 0.313. The second-order valence-electron chi connectivity index (χ2n) is 3.89. The third-order valence-electron chi connectivity index (χ3n) is 2.73. The summed E-state index contributed by atoms with van der Waals surface area (Å²) in [6, 6.07) is 5.66. The Morgan fingerprint density at radius 2 is 2.07 bits per heavy atom. The van der Waals surface area contributed by atoms with E-state index in [0.29, 0.717) is 5.46 Å². The standard InChI is InChI=1S/C10H14BNO2/c1-12-5-4-8-6-10(11(13)14)3-2-9(8)7-12/h2-3,6,13-14H,4-5,7H2,1H3. The predicted octanol–water partition coefficient (Wildman–Crippen LogP) is -0.646. The first-order valence-corrected chi connectivity index (χ1v) is 4.83. The van der Waals surface area contributed by atoms with Crippen molar-refractivity contribution in [2.24, 2.45) is 0 Å². The summed E-state index contributed by atoms with van der Waals surface area (Å²) in [5.74, 6) is 0. The van der Waals surface area contributed by atoms with Crippen LogP contribution < -0.4 is 5.46 Å². The maximum atomic E-state index is 9.02. The van der Waals surface area contributed by atoms with Gasteiger partial charge in [0.05, 0.1) is 0 Å². The van der Waals surface area contributed by atoms with Gasteiger partial charge in [-0.2, -0.15) is 0 Å². The molecule has 0 amide bonds. The van der Waals surface area contributed by atoms with Crippen LogP contribution >= 0.6 is 0 Å². The monoisotopic (exact) mass is 191 g/mol. The highest BCUT2D eigenvalue weighted by atomic mass is 16.4. The molecule has 0 atom stereocenters. The molecule has 0 saturated heterocycles. The van der Waals surface area contributed by atoms with E-state index in [4.69, 9.17) is 10.0 Å². The summed E-state index contributed by atoms with van der Waals surface area (Å²) in [6.45, 7) is 2.00. The maximum Gasteiger partial charge on any atom is 0.488 e. The molecule has 0 unspecified atom stereocenters. The Bertz CT molecular complexity index is 341. The van der Waals surface area contributed by atoms with Crippen molar-refractivity contribution in [1.29, 1.82) is 0 Å². The zero-order valence-corrected chi connectivity index (χ0v) is 8.27. The van der Waals surface area contributed by atoms with Crippen molar-refractivity contribution < 1.29 is 10.0 Å². The summed E-state index contributed by atoms with van der Waals surface area (Å²) in [5, 5.41) is 18.0. The topological polar surface area (TPSA) is 43.7 Å². The second kappa shape index (κ2) is 3.73. The highest BCUT2D eigenvalue weighted by Gasteiger charge is 2.16. The van der Waals surface area contributed by atoms with Crippen LogP contribution in [0.15, 0.2) is 18.2 Å². The van der Waals surface area contributed by atoms with Crippen molar-refractivity contribution in [1.82, 2.24) is 4.90 Å². The van der Waals surface area contributed by atoms with Gasteiger partial charge < -0.3 is 14.9 Å². The largest absolute Gasteiger partial charge is 0.488 e. The van der Waals surface area contributed by atoms with E-state index >= 15 is 0 Å². The van der Waals surface area contributed by atoms with Gasteiger partial charge in [-0.15, -0.1) is 0 Å². The van der Waals surface area contributed by atoms with Crippen molar-refractivity contribution in [3.05, 3.63) is 29.3 Å². The molecule has 2 N–H and O–H groups in total. The van der Waals surface area contributed by atoms with Gasteiger partial charge in [0, 0.05) is 13.1 Å². The lowest BCUT2D eigenvalue weighted by Crippen LogP contribution is -2.33. The molecule has 1 heterocycles. The van der Waals surface area contributed by atoms with Gasteiger partial charge in [0.25, 0.3) is 0 Å². The number of benzene rings is 1. The third-order valence-corrected chi connectivity index (χ3v) is 2.73. The van der Waals surface area contributed by atoms with E-state index in [1.807, 2.05) is 12.1 Å². The van der Waals surface area contributed by atoms with Crippen molar-refractivity contribution in [3.63, 3.8) is 0 Å². The smallest absolute Gasteiger partial charge is 0.423 e. The van der Waals surface area contributed by atoms with E-state index < -0.39 is 7.12 Å². The third kappa shape index (κ3) is 1.82. The van der Waals surface area contributed by atoms with Crippen LogP contribution in [0.2, 0.25) is 0 Å². The molecule has 1 aliphatic heterocycles. The summed E-state index contributed by atoms with van der Waals surface area (Å²) in [4.78, 5) is 2.26. The lowest BCUT2D eigenvalue weighted by Gasteiger charge is -2.25. The Hall–Kier alpha value is -0.835. The van der Waals surface area contributed by atoms with Crippen LogP contribution in [0.4, 0.5) is 0 Å². The Kier molecular flexibility index (Phi) is 2.59. The summed E-state index contributed by atoms with van der Waals surface area (Å²) in [5.41, 5.74) is 3.13. The average Bonchev–Trinajstić information content (AvgIpc) is 2.16. The Labute approximate surface area is 84.1 Å². The predicted molar refractivity (Wildman–Crippen MR) is 56.3 cm³/mol. The van der Waals surface area contributed by atoms with Gasteiger partial charge in [-0.05, 0) is 30.1 Å². The molecule has 0 radical (unpaired) electrons. The lowest BCUT2D eigenvalue weighted by atomic mass is 9.78. The molecule has 4 heteroatoms. The fourth-order valence-corrected chi connectivity index (χ4v) is 1.87. The molecule has 1 aromatic carbocycles. The van der Waals surface area contributed by atoms with Crippen LogP contribution in [-0.2, 0) is 13.0 Å². The van der Waals surface area contributed by atoms with Gasteiger partial charge in [-0.25, -0.2) is 0 Å². The Morgan fingerprint density at radius 3 is 2.79 bits per heavy atom. The summed E-state index contributed by atoms with van der Waals surface area (Å²) in [6.07, 6.45) is 0.992. The van der Waals surface area contributed by atoms with Crippen LogP contribution in [0, 0.1) is 0 Å². The quantitative estimate of drug-likeness (QED) is 0.580. The number of nitrogens with zero attached hydrogens (tertiary/aromatic N) is 1. The van der Waals surface area contributed by atoms with Crippen LogP contribution in [0.25, 0.3) is 0 Å². The van der Waals surface area contributed by atoms with E-state index in [1.54, 1.807) is 6.07 Å². The second-order valence-corrected chi connectivity index (χ2v) is 3.89. The van der Waals surface area contributed by atoms with Crippen molar-refractivity contribution in [3.8, 4) is 0 Å². The van der Waals surface area contributed by atoms with Gasteiger partial charge in [0.1, 0.15) is 0 Å². The van der Waals surface area contributed by atoms with Gasteiger partial charge in [0.2, 0.25) is 0 Å². The highest BCUT2D eigenvalue weighted by Crippen LogP contribution is 2.16. The van der Waals surface area contributed by atoms with Crippen molar-refractivity contribution in [2.75, 3.05) is 13.6 Å². The molecule has 0 aromatic heterocycles. The Morgan fingerprint density at radius 1 is 1.29 bits per heavy atom. The number of hydrogen-bond donors (Lipinski definition) is 2. The molecule has 0 bridgehead atoms. The van der Waals surface area contributed by atoms with Gasteiger partial charge in [-0.1, -0.05) is 18.2 Å². The molecule has 74 valence electrons.